The molecule has 0 saturated heterocycles. The lowest BCUT2D eigenvalue weighted by Gasteiger charge is -2.20. The number of hydrogen-bond donors (Lipinski definition) is 1. The Balaban J connectivity index is 3.36. The van der Waals surface area contributed by atoms with E-state index in [9.17, 15) is 24.5 Å². The molecule has 0 bridgehead atoms. The normalized spacial score (nSPS) is 12.3. The minimum absolute atomic E-state index is 0.113. The van der Waals surface area contributed by atoms with Crippen LogP contribution in [0.25, 0.3) is 0 Å². The highest BCUT2D eigenvalue weighted by Gasteiger charge is 2.30. The van der Waals surface area contributed by atoms with Crippen molar-refractivity contribution in [3.63, 3.8) is 0 Å². The molecule has 2 N–H and O–H groups in total. The fourth-order valence-corrected chi connectivity index (χ4v) is 2.20. The number of benzene rings is 1. The smallest absolute Gasteiger partial charge is 0.345 e. The van der Waals surface area contributed by atoms with Crippen LogP contribution in [-0.2, 0) is 14.3 Å². The van der Waals surface area contributed by atoms with E-state index in [2.05, 4.69) is 0 Å². The van der Waals surface area contributed by atoms with E-state index < -0.39 is 39.5 Å². The molecule has 0 saturated carbocycles. The van der Waals surface area contributed by atoms with Gasteiger partial charge in [-0.1, -0.05) is 6.08 Å². The maximum atomic E-state index is 12.8. The van der Waals surface area contributed by atoms with Crippen molar-refractivity contribution in [3.8, 4) is 0 Å². The Morgan fingerprint density at radius 2 is 1.62 bits per heavy atom. The molecule has 1 aromatic rings. The molecule has 9 heteroatoms. The van der Waals surface area contributed by atoms with Gasteiger partial charge in [-0.25, -0.2) is 9.59 Å². The SMILES string of the molecule is CC(C)(C)OC(=O)C(=CCN)C(=O)c1ccc(C(=O)OC(C)(C)C)c([N+](=O)[O-])c1. The van der Waals surface area contributed by atoms with Crippen molar-refractivity contribution in [2.45, 2.75) is 52.7 Å². The first-order valence-electron chi connectivity index (χ1n) is 8.86. The molecule has 0 aliphatic carbocycles. The molecule has 0 unspecified atom stereocenters. The first-order valence-corrected chi connectivity index (χ1v) is 8.86. The highest BCUT2D eigenvalue weighted by molar-refractivity contribution is 6.24. The molecule has 0 atom stereocenters. The van der Waals surface area contributed by atoms with Gasteiger partial charge in [0.05, 0.1) is 4.92 Å². The third-order valence-electron chi connectivity index (χ3n) is 3.26. The Bertz CT molecular complexity index is 859. The average molecular weight is 406 g/mol. The molecular formula is C20H26N2O7. The predicted molar refractivity (Wildman–Crippen MR) is 106 cm³/mol. The molecule has 29 heavy (non-hydrogen) atoms. The number of nitro benzene ring substituents is 1. The topological polar surface area (TPSA) is 139 Å². The van der Waals surface area contributed by atoms with Gasteiger partial charge in [-0.3, -0.25) is 14.9 Å². The van der Waals surface area contributed by atoms with Crippen LogP contribution < -0.4 is 5.73 Å². The molecular weight excluding hydrogens is 380 g/mol. The van der Waals surface area contributed by atoms with Gasteiger partial charge in [0.15, 0.2) is 5.78 Å². The summed E-state index contributed by atoms with van der Waals surface area (Å²) in [6.07, 6.45) is 1.18. The van der Waals surface area contributed by atoms with Crippen molar-refractivity contribution in [1.82, 2.24) is 0 Å². The summed E-state index contributed by atoms with van der Waals surface area (Å²) in [7, 11) is 0. The van der Waals surface area contributed by atoms with Crippen LogP contribution in [0.2, 0.25) is 0 Å². The third kappa shape index (κ3) is 7.11. The number of rotatable bonds is 6. The summed E-state index contributed by atoms with van der Waals surface area (Å²) in [5.74, 6) is -2.59. The number of nitrogens with zero attached hydrogens (tertiary/aromatic N) is 1. The summed E-state index contributed by atoms with van der Waals surface area (Å²) >= 11 is 0. The zero-order chi connectivity index (χ0) is 22.6. The lowest BCUT2D eigenvalue weighted by molar-refractivity contribution is -0.385. The Hall–Kier alpha value is -3.07. The second-order valence-electron chi connectivity index (χ2n) is 8.18. The number of ether oxygens (including phenoxy) is 2. The minimum atomic E-state index is -0.896. The third-order valence-corrected chi connectivity index (χ3v) is 3.26. The van der Waals surface area contributed by atoms with Gasteiger partial charge >= 0.3 is 11.9 Å². The first kappa shape index (κ1) is 24.0. The zero-order valence-corrected chi connectivity index (χ0v) is 17.4. The van der Waals surface area contributed by atoms with Gasteiger partial charge < -0.3 is 15.2 Å². The summed E-state index contributed by atoms with van der Waals surface area (Å²) < 4.78 is 10.4. The van der Waals surface area contributed by atoms with E-state index in [1.54, 1.807) is 41.5 Å². The van der Waals surface area contributed by atoms with Crippen LogP contribution in [-0.4, -0.2) is 40.4 Å². The molecule has 158 valence electrons. The lowest BCUT2D eigenvalue weighted by atomic mass is 10.00. The van der Waals surface area contributed by atoms with Crippen molar-refractivity contribution in [2.75, 3.05) is 6.54 Å². The molecule has 0 fully saturated rings. The highest BCUT2D eigenvalue weighted by atomic mass is 16.6. The number of carbonyl (C=O) groups is 3. The van der Waals surface area contributed by atoms with E-state index in [4.69, 9.17) is 15.2 Å². The molecule has 9 nitrogen and oxygen atoms in total. The molecule has 0 heterocycles. The van der Waals surface area contributed by atoms with Gasteiger partial charge in [-0.05, 0) is 53.7 Å². The van der Waals surface area contributed by atoms with E-state index in [-0.39, 0.29) is 23.2 Å². The van der Waals surface area contributed by atoms with E-state index in [0.717, 1.165) is 12.1 Å². The van der Waals surface area contributed by atoms with Gasteiger partial charge in [-0.2, -0.15) is 0 Å². The van der Waals surface area contributed by atoms with Crippen LogP contribution in [0.4, 0.5) is 5.69 Å². The summed E-state index contributed by atoms with van der Waals surface area (Å²) in [5, 5.41) is 11.4. The molecule has 0 aromatic heterocycles. The maximum Gasteiger partial charge on any atom is 0.345 e. The first-order chi connectivity index (χ1) is 13.2. The van der Waals surface area contributed by atoms with Crippen LogP contribution in [0, 0.1) is 10.1 Å². The van der Waals surface area contributed by atoms with Crippen molar-refractivity contribution >= 4 is 23.4 Å². The van der Waals surface area contributed by atoms with Gasteiger partial charge in [0.1, 0.15) is 22.3 Å². The molecule has 1 aromatic carbocycles. The summed E-state index contributed by atoms with van der Waals surface area (Å²) in [6.45, 7) is 9.66. The molecule has 0 radical (unpaired) electrons. The summed E-state index contributed by atoms with van der Waals surface area (Å²) in [6, 6.07) is 3.26. The van der Waals surface area contributed by atoms with Gasteiger partial charge in [-0.15, -0.1) is 0 Å². The van der Waals surface area contributed by atoms with E-state index in [1.807, 2.05) is 0 Å². The lowest BCUT2D eigenvalue weighted by Crippen LogP contribution is -2.28. The van der Waals surface area contributed by atoms with E-state index >= 15 is 0 Å². The number of hydrogen-bond acceptors (Lipinski definition) is 8. The summed E-state index contributed by atoms with van der Waals surface area (Å²) in [4.78, 5) is 48.0. The highest BCUT2D eigenvalue weighted by Crippen LogP contribution is 2.25. The van der Waals surface area contributed by atoms with E-state index in [1.165, 1.54) is 12.1 Å². The minimum Gasteiger partial charge on any atom is -0.456 e. The Morgan fingerprint density at radius 1 is 1.07 bits per heavy atom. The van der Waals surface area contributed by atoms with Crippen LogP contribution in [0.1, 0.15) is 62.3 Å². The molecule has 0 aliphatic heterocycles. The van der Waals surface area contributed by atoms with Gasteiger partial charge in [0.25, 0.3) is 5.69 Å². The van der Waals surface area contributed by atoms with E-state index in [0.29, 0.717) is 0 Å². The van der Waals surface area contributed by atoms with Crippen LogP contribution in [0.15, 0.2) is 29.8 Å². The Labute approximate surface area is 169 Å². The number of nitro groups is 1. The van der Waals surface area contributed by atoms with Crippen molar-refractivity contribution in [1.29, 1.82) is 0 Å². The van der Waals surface area contributed by atoms with Crippen LogP contribution >= 0.6 is 0 Å². The zero-order valence-electron chi connectivity index (χ0n) is 17.4. The second kappa shape index (κ2) is 8.95. The van der Waals surface area contributed by atoms with Crippen molar-refractivity contribution < 1.29 is 28.8 Å². The molecule has 1 rings (SSSR count). The molecule has 0 amide bonds. The van der Waals surface area contributed by atoms with Crippen molar-refractivity contribution in [3.05, 3.63) is 51.1 Å². The van der Waals surface area contributed by atoms with Gasteiger partial charge in [0.2, 0.25) is 0 Å². The average Bonchev–Trinajstić information content (AvgIpc) is 2.55. The number of ketones is 1. The fourth-order valence-electron chi connectivity index (χ4n) is 2.20. The maximum absolute atomic E-state index is 12.8. The van der Waals surface area contributed by atoms with Crippen molar-refractivity contribution in [2.24, 2.45) is 5.73 Å². The quantitative estimate of drug-likeness (QED) is 0.145. The molecule has 0 aliphatic rings. The molecule has 0 spiro atoms. The Morgan fingerprint density at radius 3 is 2.07 bits per heavy atom. The summed E-state index contributed by atoms with van der Waals surface area (Å²) in [5.41, 5.74) is 2.32. The monoisotopic (exact) mass is 406 g/mol. The number of carbonyl (C=O) groups excluding carboxylic acids is 3. The fraction of sp³-hybridized carbons (Fsp3) is 0.450. The second-order valence-corrected chi connectivity index (χ2v) is 8.18. The predicted octanol–water partition coefficient (Wildman–Crippen LogP) is 2.96. The number of Topliss-reactive ketones (excluding diaryl/α,β-unsaturated/α-hetero) is 1. The van der Waals surface area contributed by atoms with Crippen LogP contribution in [0.5, 0.6) is 0 Å². The Kier molecular flexibility index (Phi) is 7.40. The van der Waals surface area contributed by atoms with Gasteiger partial charge in [0, 0.05) is 18.2 Å². The van der Waals surface area contributed by atoms with Crippen LogP contribution in [0.3, 0.4) is 0 Å². The number of esters is 2. The standard InChI is InChI=1S/C20H26N2O7/c1-19(2,3)28-17(24)13-8-7-12(11-15(13)22(26)27)16(23)14(9-10-21)18(25)29-20(4,5)6/h7-9,11H,10,21H2,1-6H3. The number of nitrogens with two attached hydrogens (primary N) is 1. The largest absolute Gasteiger partial charge is 0.456 e.